The van der Waals surface area contributed by atoms with Crippen LogP contribution in [0.3, 0.4) is 0 Å². The van der Waals surface area contributed by atoms with Crippen LogP contribution >= 0.6 is 0 Å². The van der Waals surface area contributed by atoms with Crippen molar-refractivity contribution in [1.29, 1.82) is 0 Å². The van der Waals surface area contributed by atoms with E-state index in [2.05, 4.69) is 60.7 Å². The van der Waals surface area contributed by atoms with Gasteiger partial charge in [-0.15, -0.1) is 0 Å². The third-order valence-corrected chi connectivity index (χ3v) is 8.23. The Labute approximate surface area is 160 Å². The van der Waals surface area contributed by atoms with Crippen LogP contribution in [0.2, 0.25) is 0 Å². The van der Waals surface area contributed by atoms with Crippen molar-refractivity contribution >= 4 is 30.3 Å². The first kappa shape index (κ1) is 16.3. The van der Waals surface area contributed by atoms with Crippen molar-refractivity contribution in [3.63, 3.8) is 0 Å². The quantitative estimate of drug-likeness (QED) is 0.407. The van der Waals surface area contributed by atoms with Gasteiger partial charge in [-0.2, -0.15) is 0 Å². The molecule has 27 heavy (non-hydrogen) atoms. The lowest BCUT2D eigenvalue weighted by molar-refractivity contribution is -0.143. The van der Waals surface area contributed by atoms with Gasteiger partial charge in [-0.3, -0.25) is 0 Å². The summed E-state index contributed by atoms with van der Waals surface area (Å²) in [5, 5.41) is 4.27. The molecule has 1 fully saturated rings. The zero-order valence-electron chi connectivity index (χ0n) is 14.9. The minimum Gasteiger partial charge on any atom is -0.479 e. The smallest absolute Gasteiger partial charge is 0.347 e. The Morgan fingerprint density at radius 2 is 1.48 bits per heavy atom. The lowest BCUT2D eigenvalue weighted by Crippen LogP contribution is -2.56. The number of rotatable bonds is 3. The second kappa shape index (κ2) is 6.71. The third-order valence-electron chi connectivity index (χ3n) is 5.26. The fraction of sp³-hybridized carbons (Fsp3) is 0.174. The van der Waals surface area contributed by atoms with Crippen LogP contribution in [0.25, 0.3) is 0 Å². The number of ether oxygens (including phenoxy) is 2. The maximum absolute atomic E-state index is 11.6. The van der Waals surface area contributed by atoms with Crippen molar-refractivity contribution in [2.24, 2.45) is 0 Å². The Morgan fingerprint density at radius 1 is 0.852 bits per heavy atom. The molecule has 1 radical (unpaired) electrons. The number of benzene rings is 3. The van der Waals surface area contributed by atoms with Crippen molar-refractivity contribution in [3.05, 3.63) is 83.9 Å². The minimum atomic E-state index is -1.04. The summed E-state index contributed by atoms with van der Waals surface area (Å²) in [4.78, 5) is 11.6. The lowest BCUT2D eigenvalue weighted by atomic mass is 10.0. The molecule has 1 saturated heterocycles. The Morgan fingerprint density at radius 3 is 2.07 bits per heavy atom. The number of esters is 1. The average molecular weight is 371 g/mol. The number of carbonyl (C=O) groups excluding carboxylic acids is 1. The Bertz CT molecular complexity index is 951. The van der Waals surface area contributed by atoms with Crippen LogP contribution in [0.4, 0.5) is 0 Å². The zero-order chi connectivity index (χ0) is 18.2. The normalized spacial score (nSPS) is 18.5. The van der Waals surface area contributed by atoms with E-state index < -0.39 is 14.9 Å². The first-order chi connectivity index (χ1) is 13.3. The Balaban J connectivity index is 1.50. The highest BCUT2D eigenvalue weighted by Crippen LogP contribution is 2.18. The summed E-state index contributed by atoms with van der Waals surface area (Å²) < 4.78 is 10.8. The molecule has 3 aromatic carbocycles. The molecule has 0 saturated carbocycles. The van der Waals surface area contributed by atoms with E-state index in [-0.39, 0.29) is 5.97 Å². The molecule has 4 heteroatoms. The summed E-state index contributed by atoms with van der Waals surface area (Å²) >= 11 is 0. The van der Waals surface area contributed by atoms with Gasteiger partial charge in [-0.05, 0) is 40.1 Å². The Kier molecular flexibility index (Phi) is 4.06. The van der Waals surface area contributed by atoms with Crippen molar-refractivity contribution < 1.29 is 14.3 Å². The number of hydrogen-bond donors (Lipinski definition) is 0. The van der Waals surface area contributed by atoms with Gasteiger partial charge in [-0.25, -0.2) is 4.79 Å². The van der Waals surface area contributed by atoms with Crippen LogP contribution in [0.15, 0.2) is 72.8 Å². The van der Waals surface area contributed by atoms with Crippen LogP contribution in [0.1, 0.15) is 17.5 Å². The predicted octanol–water partition coefficient (Wildman–Crippen LogP) is 1.80. The molecule has 0 spiro atoms. The molecule has 133 valence electrons. The largest absolute Gasteiger partial charge is 0.479 e. The molecule has 0 bridgehead atoms. The number of fused-ring (bicyclic) bond motifs is 2. The summed E-state index contributed by atoms with van der Waals surface area (Å²) in [7, 11) is -1.04. The molecular weight excluding hydrogens is 352 g/mol. The molecule has 2 aliphatic rings. The monoisotopic (exact) mass is 371 g/mol. The van der Waals surface area contributed by atoms with Gasteiger partial charge in [0, 0.05) is 6.42 Å². The highest BCUT2D eigenvalue weighted by atomic mass is 28.3. The van der Waals surface area contributed by atoms with Gasteiger partial charge in [0.1, 0.15) is 5.75 Å². The van der Waals surface area contributed by atoms with E-state index in [0.717, 1.165) is 12.2 Å². The maximum atomic E-state index is 11.6. The molecule has 0 aromatic heterocycles. The zero-order valence-corrected chi connectivity index (χ0v) is 15.9. The van der Waals surface area contributed by atoms with E-state index in [0.29, 0.717) is 13.0 Å². The molecule has 0 aliphatic carbocycles. The van der Waals surface area contributed by atoms with E-state index >= 15 is 0 Å². The second-order valence-corrected chi connectivity index (χ2v) is 9.36. The van der Waals surface area contributed by atoms with Gasteiger partial charge in [0.2, 0.25) is 0 Å². The molecular formula is C23H19O3Si. The van der Waals surface area contributed by atoms with Gasteiger partial charge in [0.25, 0.3) is 0 Å². The molecule has 1 unspecified atom stereocenters. The van der Waals surface area contributed by atoms with Crippen molar-refractivity contribution in [2.45, 2.75) is 18.9 Å². The summed E-state index contributed by atoms with van der Waals surface area (Å²) in [6, 6.07) is 25.9. The van der Waals surface area contributed by atoms with Crippen LogP contribution in [0, 0.1) is 0 Å². The average Bonchev–Trinajstić information content (AvgIpc) is 3.11. The standard InChI is InChI=1S/C23H19O3Si/c24-23-20(13-14-25-23)26-18-9-11-19(12-10-18)27-21-7-3-1-5-16(21)15-17-6-2-4-8-22(17)27/h1-12,20H,13-15H2. The molecule has 1 atom stereocenters. The summed E-state index contributed by atoms with van der Waals surface area (Å²) in [6.45, 7) is 0.447. The van der Waals surface area contributed by atoms with E-state index in [4.69, 9.17) is 9.47 Å². The van der Waals surface area contributed by atoms with Crippen LogP contribution in [-0.4, -0.2) is 27.5 Å². The minimum absolute atomic E-state index is 0.263. The first-order valence-corrected chi connectivity index (χ1v) is 10.8. The van der Waals surface area contributed by atoms with E-state index in [9.17, 15) is 4.79 Å². The van der Waals surface area contributed by atoms with Gasteiger partial charge in [0.05, 0.1) is 6.61 Å². The highest BCUT2D eigenvalue weighted by Gasteiger charge is 2.30. The molecule has 2 aliphatic heterocycles. The fourth-order valence-corrected chi connectivity index (χ4v) is 6.87. The molecule has 3 nitrogen and oxygen atoms in total. The highest BCUT2D eigenvalue weighted by molar-refractivity contribution is 6.96. The van der Waals surface area contributed by atoms with E-state index in [1.807, 2.05) is 12.1 Å². The van der Waals surface area contributed by atoms with Crippen LogP contribution < -0.4 is 20.3 Å². The van der Waals surface area contributed by atoms with Gasteiger partial charge in [-0.1, -0.05) is 65.9 Å². The number of cyclic esters (lactones) is 1. The van der Waals surface area contributed by atoms with Crippen molar-refractivity contribution in [1.82, 2.24) is 0 Å². The summed E-state index contributed by atoms with van der Waals surface area (Å²) in [6.07, 6.45) is 1.16. The van der Waals surface area contributed by atoms with E-state index in [1.54, 1.807) is 0 Å². The molecule has 2 heterocycles. The fourth-order valence-electron chi connectivity index (χ4n) is 3.95. The van der Waals surface area contributed by atoms with Crippen LogP contribution in [0.5, 0.6) is 5.75 Å². The van der Waals surface area contributed by atoms with Crippen molar-refractivity contribution in [2.75, 3.05) is 6.61 Å². The summed E-state index contributed by atoms with van der Waals surface area (Å²) in [5.74, 6) is 0.462. The second-order valence-electron chi connectivity index (χ2n) is 6.95. The Hall–Kier alpha value is -2.85. The van der Waals surface area contributed by atoms with E-state index in [1.165, 1.54) is 26.7 Å². The molecule has 3 aromatic rings. The van der Waals surface area contributed by atoms with Gasteiger partial charge < -0.3 is 9.47 Å². The van der Waals surface area contributed by atoms with Crippen molar-refractivity contribution in [3.8, 4) is 5.75 Å². The number of carbonyl (C=O) groups is 1. The van der Waals surface area contributed by atoms with Gasteiger partial charge in [0.15, 0.2) is 14.9 Å². The SMILES string of the molecule is O=C1OCCC1Oc1ccc([Si]2c3ccccc3Cc3ccccc32)cc1. The molecule has 5 rings (SSSR count). The lowest BCUT2D eigenvalue weighted by Gasteiger charge is -2.27. The number of hydrogen-bond acceptors (Lipinski definition) is 3. The first-order valence-electron chi connectivity index (χ1n) is 9.27. The summed E-state index contributed by atoms with van der Waals surface area (Å²) in [5.41, 5.74) is 2.86. The predicted molar refractivity (Wildman–Crippen MR) is 107 cm³/mol. The molecule has 0 amide bonds. The van der Waals surface area contributed by atoms with Gasteiger partial charge >= 0.3 is 5.97 Å². The molecule has 0 N–H and O–H groups in total. The maximum Gasteiger partial charge on any atom is 0.347 e. The third kappa shape index (κ3) is 2.96. The van der Waals surface area contributed by atoms with Crippen LogP contribution in [-0.2, 0) is 16.0 Å². The topological polar surface area (TPSA) is 35.5 Å².